The summed E-state index contributed by atoms with van der Waals surface area (Å²) in [6, 6.07) is 14.0. The summed E-state index contributed by atoms with van der Waals surface area (Å²) in [5, 5.41) is 2.98. The maximum atomic E-state index is 12.6. The fourth-order valence-electron chi connectivity index (χ4n) is 3.66. The summed E-state index contributed by atoms with van der Waals surface area (Å²) in [5.41, 5.74) is 3.22. The number of nitrogens with zero attached hydrogens (tertiary/aromatic N) is 1. The lowest BCUT2D eigenvalue weighted by Gasteiger charge is -2.26. The molecule has 1 N–H and O–H groups in total. The summed E-state index contributed by atoms with van der Waals surface area (Å²) >= 11 is 0. The Morgan fingerprint density at radius 2 is 1.91 bits per heavy atom. The third-order valence-corrected chi connectivity index (χ3v) is 5.61. The average molecular weight is 441 g/mol. The molecule has 2 aromatic carbocycles. The van der Waals surface area contributed by atoms with Crippen LogP contribution in [0, 0.1) is 6.92 Å². The molecule has 3 rings (SSSR count). The zero-order chi connectivity index (χ0) is 22.9. The van der Waals surface area contributed by atoms with Gasteiger partial charge in [-0.15, -0.1) is 0 Å². The number of benzene rings is 2. The molecule has 174 valence electrons. The lowest BCUT2D eigenvalue weighted by molar-refractivity contribution is -0.127. The van der Waals surface area contributed by atoms with Gasteiger partial charge in [0.2, 0.25) is 0 Å². The molecule has 0 radical (unpaired) electrons. The van der Waals surface area contributed by atoms with Gasteiger partial charge in [-0.25, -0.2) is 0 Å². The summed E-state index contributed by atoms with van der Waals surface area (Å²) in [6.07, 6.45) is -0.581. The minimum absolute atomic E-state index is 0.139. The third-order valence-electron chi connectivity index (χ3n) is 5.61. The molecule has 2 aromatic rings. The van der Waals surface area contributed by atoms with Crippen LogP contribution < -0.4 is 14.8 Å². The van der Waals surface area contributed by atoms with Crippen molar-refractivity contribution in [2.45, 2.75) is 46.3 Å². The molecule has 0 saturated carbocycles. The Labute approximate surface area is 191 Å². The van der Waals surface area contributed by atoms with E-state index in [1.165, 1.54) is 0 Å². The van der Waals surface area contributed by atoms with E-state index in [1.54, 1.807) is 6.92 Å². The van der Waals surface area contributed by atoms with Gasteiger partial charge in [-0.05, 0) is 54.7 Å². The predicted octanol–water partition coefficient (Wildman–Crippen LogP) is 3.91. The van der Waals surface area contributed by atoms with Crippen LogP contribution >= 0.6 is 0 Å². The summed E-state index contributed by atoms with van der Waals surface area (Å²) in [5.74, 6) is 1.78. The number of amides is 1. The fourth-order valence-corrected chi connectivity index (χ4v) is 3.66. The van der Waals surface area contributed by atoms with Gasteiger partial charge in [-0.2, -0.15) is 0 Å². The molecule has 32 heavy (non-hydrogen) atoms. The molecule has 6 nitrogen and oxygen atoms in total. The maximum Gasteiger partial charge on any atom is 0.261 e. The van der Waals surface area contributed by atoms with Crippen molar-refractivity contribution in [3.63, 3.8) is 0 Å². The van der Waals surface area contributed by atoms with Crippen LogP contribution in [0.15, 0.2) is 42.5 Å². The molecule has 0 bridgehead atoms. The second-order valence-corrected chi connectivity index (χ2v) is 8.62. The molecule has 1 aliphatic rings. The smallest absolute Gasteiger partial charge is 0.261 e. The first-order valence-corrected chi connectivity index (χ1v) is 11.5. The highest BCUT2D eigenvalue weighted by molar-refractivity contribution is 5.80. The molecule has 0 aliphatic carbocycles. The van der Waals surface area contributed by atoms with Gasteiger partial charge in [-0.1, -0.05) is 38.1 Å². The molecule has 1 atom stereocenters. The van der Waals surface area contributed by atoms with E-state index in [0.29, 0.717) is 19.1 Å². The highest BCUT2D eigenvalue weighted by Gasteiger charge is 2.17. The zero-order valence-electron chi connectivity index (χ0n) is 19.7. The van der Waals surface area contributed by atoms with Crippen LogP contribution in [0.1, 0.15) is 43.4 Å². The van der Waals surface area contributed by atoms with Gasteiger partial charge in [0.1, 0.15) is 18.1 Å². The molecular formula is C26H36N2O4. The second kappa shape index (κ2) is 11.9. The Morgan fingerprint density at radius 3 is 2.66 bits per heavy atom. The summed E-state index contributed by atoms with van der Waals surface area (Å²) < 4.78 is 17.3. The van der Waals surface area contributed by atoms with Crippen molar-refractivity contribution >= 4 is 5.91 Å². The minimum Gasteiger partial charge on any atom is -0.492 e. The molecule has 1 saturated heterocycles. The van der Waals surface area contributed by atoms with E-state index in [4.69, 9.17) is 14.2 Å². The highest BCUT2D eigenvalue weighted by Crippen LogP contribution is 2.28. The van der Waals surface area contributed by atoms with Gasteiger partial charge < -0.3 is 19.5 Å². The van der Waals surface area contributed by atoms with E-state index in [9.17, 15) is 4.79 Å². The standard InChI is InChI=1S/C26H36N2O4/c1-19(2)24-9-8-20(3)16-25(24)32-21(4)26(29)27-18-22-6-5-7-23(17-22)31-15-12-28-10-13-30-14-11-28/h5-9,16-17,19,21H,10-15,18H2,1-4H3,(H,27,29). The normalized spacial score (nSPS) is 15.4. The van der Waals surface area contributed by atoms with Crippen LogP contribution in [0.25, 0.3) is 0 Å². The van der Waals surface area contributed by atoms with Crippen molar-refractivity contribution in [1.29, 1.82) is 0 Å². The molecule has 1 unspecified atom stereocenters. The number of hydrogen-bond acceptors (Lipinski definition) is 5. The molecule has 1 fully saturated rings. The lowest BCUT2D eigenvalue weighted by Crippen LogP contribution is -2.38. The summed E-state index contributed by atoms with van der Waals surface area (Å²) in [7, 11) is 0. The maximum absolute atomic E-state index is 12.6. The van der Waals surface area contributed by atoms with Crippen LogP contribution in [-0.2, 0) is 16.1 Å². The Balaban J connectivity index is 1.48. The third kappa shape index (κ3) is 7.24. The van der Waals surface area contributed by atoms with Crippen LogP contribution in [-0.4, -0.2) is 56.4 Å². The first kappa shape index (κ1) is 24.1. The molecule has 1 aliphatic heterocycles. The number of ether oxygens (including phenoxy) is 3. The van der Waals surface area contributed by atoms with E-state index < -0.39 is 6.10 Å². The first-order valence-electron chi connectivity index (χ1n) is 11.5. The molecule has 1 amide bonds. The number of aryl methyl sites for hydroxylation is 1. The van der Waals surface area contributed by atoms with E-state index in [2.05, 4.69) is 36.2 Å². The number of morpholine rings is 1. The highest BCUT2D eigenvalue weighted by atomic mass is 16.5. The lowest BCUT2D eigenvalue weighted by atomic mass is 10.0. The van der Waals surface area contributed by atoms with Gasteiger partial charge in [-0.3, -0.25) is 9.69 Å². The fraction of sp³-hybridized carbons (Fsp3) is 0.500. The van der Waals surface area contributed by atoms with Crippen LogP contribution in [0.3, 0.4) is 0 Å². The number of hydrogen-bond donors (Lipinski definition) is 1. The quantitative estimate of drug-likeness (QED) is 0.607. The van der Waals surface area contributed by atoms with Crippen molar-refractivity contribution in [3.05, 3.63) is 59.2 Å². The number of carbonyl (C=O) groups excluding carboxylic acids is 1. The molecule has 6 heteroatoms. The van der Waals surface area contributed by atoms with Crippen molar-refractivity contribution < 1.29 is 19.0 Å². The van der Waals surface area contributed by atoms with E-state index >= 15 is 0 Å². The Hall–Kier alpha value is -2.57. The predicted molar refractivity (Wildman–Crippen MR) is 126 cm³/mol. The van der Waals surface area contributed by atoms with Gasteiger partial charge in [0.05, 0.1) is 13.2 Å². The van der Waals surface area contributed by atoms with Gasteiger partial charge in [0.25, 0.3) is 5.91 Å². The minimum atomic E-state index is -0.581. The van der Waals surface area contributed by atoms with Crippen molar-refractivity contribution in [3.8, 4) is 11.5 Å². The molecular weight excluding hydrogens is 404 g/mol. The van der Waals surface area contributed by atoms with Crippen molar-refractivity contribution in [2.24, 2.45) is 0 Å². The van der Waals surface area contributed by atoms with Crippen LogP contribution in [0.4, 0.5) is 0 Å². The molecule has 1 heterocycles. The van der Waals surface area contributed by atoms with Crippen molar-refractivity contribution in [1.82, 2.24) is 10.2 Å². The van der Waals surface area contributed by atoms with E-state index in [-0.39, 0.29) is 5.91 Å². The summed E-state index contributed by atoms with van der Waals surface area (Å²) in [6.45, 7) is 13.5. The Bertz CT molecular complexity index is 878. The SMILES string of the molecule is Cc1ccc(C(C)C)c(OC(C)C(=O)NCc2cccc(OCCN3CCOCC3)c2)c1. The Morgan fingerprint density at radius 1 is 1.12 bits per heavy atom. The summed E-state index contributed by atoms with van der Waals surface area (Å²) in [4.78, 5) is 15.0. The Kier molecular flexibility index (Phi) is 8.94. The number of nitrogens with one attached hydrogen (secondary N) is 1. The number of carbonyl (C=O) groups is 1. The van der Waals surface area contributed by atoms with Gasteiger partial charge >= 0.3 is 0 Å². The first-order chi connectivity index (χ1) is 15.4. The largest absolute Gasteiger partial charge is 0.492 e. The zero-order valence-corrected chi connectivity index (χ0v) is 19.7. The van der Waals surface area contributed by atoms with E-state index in [1.807, 2.05) is 37.3 Å². The van der Waals surface area contributed by atoms with Crippen LogP contribution in [0.2, 0.25) is 0 Å². The monoisotopic (exact) mass is 440 g/mol. The van der Waals surface area contributed by atoms with Crippen LogP contribution in [0.5, 0.6) is 11.5 Å². The van der Waals surface area contributed by atoms with E-state index in [0.717, 1.165) is 61.0 Å². The van der Waals surface area contributed by atoms with Gasteiger partial charge in [0, 0.05) is 26.2 Å². The van der Waals surface area contributed by atoms with Crippen molar-refractivity contribution in [2.75, 3.05) is 39.5 Å². The van der Waals surface area contributed by atoms with Gasteiger partial charge in [0.15, 0.2) is 6.10 Å². The topological polar surface area (TPSA) is 60.0 Å². The molecule has 0 spiro atoms. The molecule has 0 aromatic heterocycles. The average Bonchev–Trinajstić information content (AvgIpc) is 2.78. The second-order valence-electron chi connectivity index (χ2n) is 8.62. The number of rotatable bonds is 10.